The number of hydrogen-bond acceptors (Lipinski definition) is 9. The molecule has 5 heterocycles. The lowest BCUT2D eigenvalue weighted by Crippen LogP contribution is -2.44. The molecule has 0 saturated carbocycles. The summed E-state index contributed by atoms with van der Waals surface area (Å²) in [5, 5.41) is 15.5. The van der Waals surface area contributed by atoms with Crippen LogP contribution in [0, 0.1) is 0 Å². The number of methoxy groups -OCH3 is 1. The molecule has 0 fully saturated rings. The molecule has 3 aliphatic rings. The minimum absolute atomic E-state index is 0.0988. The molecule has 0 spiro atoms. The van der Waals surface area contributed by atoms with E-state index in [1.54, 1.807) is 24.7 Å². The van der Waals surface area contributed by atoms with Crippen LogP contribution in [0.4, 0.5) is 0 Å². The highest BCUT2D eigenvalue weighted by Gasteiger charge is 2.45. The SMILES string of the molecule is CC[C@@]1(O)C(=O)OCc2c1cc1n(c2=O)Cc2c-1nc1cc3c(cc1c2CCNCCOC)OCO3. The van der Waals surface area contributed by atoms with Crippen LogP contribution in [0.15, 0.2) is 23.0 Å². The van der Waals surface area contributed by atoms with Crippen LogP contribution in [0.2, 0.25) is 0 Å². The monoisotopic (exact) mass is 493 g/mol. The maximum absolute atomic E-state index is 13.6. The summed E-state index contributed by atoms with van der Waals surface area (Å²) in [5.41, 5.74) is 2.48. The van der Waals surface area contributed by atoms with Gasteiger partial charge in [-0.25, -0.2) is 9.78 Å². The minimum atomic E-state index is -1.86. The summed E-state index contributed by atoms with van der Waals surface area (Å²) >= 11 is 0. The van der Waals surface area contributed by atoms with Gasteiger partial charge in [0.2, 0.25) is 6.79 Å². The van der Waals surface area contributed by atoms with Crippen molar-refractivity contribution < 1.29 is 28.8 Å². The van der Waals surface area contributed by atoms with E-state index in [0.717, 1.165) is 28.6 Å². The first kappa shape index (κ1) is 23.0. The van der Waals surface area contributed by atoms with Crippen molar-refractivity contribution in [3.05, 3.63) is 50.8 Å². The second-order valence-corrected chi connectivity index (χ2v) is 9.24. The third-order valence-corrected chi connectivity index (χ3v) is 7.33. The number of pyridine rings is 2. The second-order valence-electron chi connectivity index (χ2n) is 9.24. The molecule has 0 aliphatic carbocycles. The zero-order valence-corrected chi connectivity index (χ0v) is 20.2. The summed E-state index contributed by atoms with van der Waals surface area (Å²) < 4.78 is 23.2. The molecule has 3 aliphatic heterocycles. The first-order chi connectivity index (χ1) is 17.5. The largest absolute Gasteiger partial charge is 0.458 e. The Bertz CT molecular complexity index is 1460. The van der Waals surface area contributed by atoms with Gasteiger partial charge in [-0.1, -0.05) is 6.92 Å². The molecule has 0 saturated heterocycles. The van der Waals surface area contributed by atoms with Gasteiger partial charge in [-0.15, -0.1) is 0 Å². The zero-order chi connectivity index (χ0) is 25.0. The van der Waals surface area contributed by atoms with Gasteiger partial charge < -0.3 is 33.9 Å². The molecular formula is C26H27N3O7. The third kappa shape index (κ3) is 3.32. The van der Waals surface area contributed by atoms with Crippen molar-refractivity contribution in [2.75, 3.05) is 33.6 Å². The summed E-state index contributed by atoms with van der Waals surface area (Å²) in [6.07, 6.45) is 0.801. The summed E-state index contributed by atoms with van der Waals surface area (Å²) in [6.45, 7) is 4.10. The highest BCUT2D eigenvalue weighted by atomic mass is 16.7. The van der Waals surface area contributed by atoms with E-state index in [0.29, 0.717) is 60.1 Å². The Labute approximate surface area is 206 Å². The Hall–Kier alpha value is -3.47. The number of carbonyl (C=O) groups excluding carboxylic acids is 1. The molecule has 1 atom stereocenters. The predicted octanol–water partition coefficient (Wildman–Crippen LogP) is 1.59. The average molecular weight is 494 g/mol. The molecule has 188 valence electrons. The van der Waals surface area contributed by atoms with Crippen molar-refractivity contribution in [1.29, 1.82) is 0 Å². The first-order valence-corrected chi connectivity index (χ1v) is 12.1. The lowest BCUT2D eigenvalue weighted by atomic mass is 9.86. The topological polar surface area (TPSA) is 121 Å². The average Bonchev–Trinajstić information content (AvgIpc) is 3.49. The minimum Gasteiger partial charge on any atom is -0.458 e. The quantitative estimate of drug-likeness (QED) is 0.292. The molecule has 1 aromatic carbocycles. The Morgan fingerprint density at radius 2 is 1.94 bits per heavy atom. The van der Waals surface area contributed by atoms with E-state index in [2.05, 4.69) is 5.32 Å². The molecule has 10 heteroatoms. The number of rotatable bonds is 7. The van der Waals surface area contributed by atoms with E-state index >= 15 is 0 Å². The van der Waals surface area contributed by atoms with E-state index in [4.69, 9.17) is 23.9 Å². The fourth-order valence-electron chi connectivity index (χ4n) is 5.35. The smallest absolute Gasteiger partial charge is 0.343 e. The molecule has 2 aromatic heterocycles. The van der Waals surface area contributed by atoms with Gasteiger partial charge in [-0.05, 0) is 37.1 Å². The third-order valence-electron chi connectivity index (χ3n) is 7.33. The van der Waals surface area contributed by atoms with Gasteiger partial charge in [0.15, 0.2) is 17.1 Å². The molecule has 0 unspecified atom stereocenters. The predicted molar refractivity (Wildman–Crippen MR) is 129 cm³/mol. The lowest BCUT2D eigenvalue weighted by Gasteiger charge is -2.31. The molecule has 3 aromatic rings. The number of nitrogens with one attached hydrogen (secondary N) is 1. The number of aromatic nitrogens is 2. The standard InChI is InChI=1S/C26H27N3O7/c1-3-26(32)18-9-20-23-16(11-29(20)24(30)17(18)12-34-25(26)31)14(4-5-27-6-7-33-2)15-8-21-22(36-13-35-21)10-19(15)28-23/h8-10,27,32H,3-7,11-13H2,1-2H3/t26-/m0/s1. The van der Waals surface area contributed by atoms with E-state index in [-0.39, 0.29) is 25.4 Å². The van der Waals surface area contributed by atoms with Crippen molar-refractivity contribution in [3.63, 3.8) is 0 Å². The number of ether oxygens (including phenoxy) is 4. The lowest BCUT2D eigenvalue weighted by molar-refractivity contribution is -0.172. The molecule has 0 bridgehead atoms. The Morgan fingerprint density at radius 1 is 1.14 bits per heavy atom. The molecule has 2 N–H and O–H groups in total. The van der Waals surface area contributed by atoms with Crippen LogP contribution in [0.1, 0.15) is 35.6 Å². The van der Waals surface area contributed by atoms with Crippen molar-refractivity contribution in [2.45, 2.75) is 38.5 Å². The molecule has 0 amide bonds. The van der Waals surface area contributed by atoms with Crippen LogP contribution >= 0.6 is 0 Å². The van der Waals surface area contributed by atoms with Crippen molar-refractivity contribution >= 4 is 16.9 Å². The summed E-state index contributed by atoms with van der Waals surface area (Å²) in [5.74, 6) is 0.565. The Balaban J connectivity index is 1.53. The molecular weight excluding hydrogens is 466 g/mol. The maximum atomic E-state index is 13.6. The van der Waals surface area contributed by atoms with Gasteiger partial charge in [-0.3, -0.25) is 4.79 Å². The molecule has 10 nitrogen and oxygen atoms in total. The molecule has 36 heavy (non-hydrogen) atoms. The number of carbonyl (C=O) groups is 1. The number of nitrogens with zero attached hydrogens (tertiary/aromatic N) is 2. The van der Waals surface area contributed by atoms with Crippen LogP contribution < -0.4 is 20.3 Å². The number of hydrogen-bond donors (Lipinski definition) is 2. The van der Waals surface area contributed by atoms with Gasteiger partial charge in [0.25, 0.3) is 5.56 Å². The van der Waals surface area contributed by atoms with E-state index in [1.807, 2.05) is 12.1 Å². The van der Waals surface area contributed by atoms with Gasteiger partial charge in [0, 0.05) is 36.2 Å². The maximum Gasteiger partial charge on any atom is 0.343 e. The highest BCUT2D eigenvalue weighted by Crippen LogP contribution is 2.43. The number of esters is 1. The summed E-state index contributed by atoms with van der Waals surface area (Å²) in [4.78, 5) is 31.0. The number of aliphatic hydroxyl groups is 1. The highest BCUT2D eigenvalue weighted by molar-refractivity contribution is 5.91. The van der Waals surface area contributed by atoms with Crippen molar-refractivity contribution in [2.24, 2.45) is 0 Å². The van der Waals surface area contributed by atoms with Crippen LogP contribution in [0.5, 0.6) is 11.5 Å². The van der Waals surface area contributed by atoms with Crippen LogP contribution in [0.3, 0.4) is 0 Å². The fraction of sp³-hybridized carbons (Fsp3) is 0.423. The van der Waals surface area contributed by atoms with Crippen LogP contribution in [-0.4, -0.2) is 54.2 Å². The zero-order valence-electron chi connectivity index (χ0n) is 20.2. The number of fused-ring (bicyclic) bond motifs is 6. The Morgan fingerprint density at radius 3 is 2.72 bits per heavy atom. The Kier molecular flexibility index (Phi) is 5.47. The van der Waals surface area contributed by atoms with Gasteiger partial charge in [0.1, 0.15) is 6.61 Å². The second kappa shape index (κ2) is 8.58. The summed E-state index contributed by atoms with van der Waals surface area (Å²) in [7, 11) is 1.67. The number of cyclic esters (lactones) is 1. The van der Waals surface area contributed by atoms with Gasteiger partial charge in [-0.2, -0.15) is 0 Å². The van der Waals surface area contributed by atoms with Gasteiger partial charge in [0.05, 0.1) is 35.6 Å². The summed E-state index contributed by atoms with van der Waals surface area (Å²) in [6, 6.07) is 5.55. The van der Waals surface area contributed by atoms with Crippen molar-refractivity contribution in [3.8, 4) is 22.9 Å². The van der Waals surface area contributed by atoms with Gasteiger partial charge >= 0.3 is 5.97 Å². The van der Waals surface area contributed by atoms with E-state index in [9.17, 15) is 14.7 Å². The van der Waals surface area contributed by atoms with Crippen LogP contribution in [-0.2, 0) is 39.4 Å². The normalized spacial score (nSPS) is 19.2. The van der Waals surface area contributed by atoms with Crippen LogP contribution in [0.25, 0.3) is 22.3 Å². The number of benzene rings is 1. The molecule has 0 radical (unpaired) electrons. The van der Waals surface area contributed by atoms with Crippen molar-refractivity contribution in [1.82, 2.24) is 14.9 Å². The van der Waals surface area contributed by atoms with E-state index < -0.39 is 11.6 Å². The fourth-order valence-corrected chi connectivity index (χ4v) is 5.35. The molecule has 6 rings (SSSR count). The first-order valence-electron chi connectivity index (χ1n) is 12.1. The van der Waals surface area contributed by atoms with E-state index in [1.165, 1.54) is 0 Å².